The van der Waals surface area contributed by atoms with Crippen LogP contribution in [-0.2, 0) is 6.54 Å². The number of rotatable bonds is 3. The fourth-order valence-corrected chi connectivity index (χ4v) is 3.30. The molecule has 2 heterocycles. The van der Waals surface area contributed by atoms with Crippen LogP contribution in [0.5, 0.6) is 0 Å². The topological polar surface area (TPSA) is 111 Å². The summed E-state index contributed by atoms with van der Waals surface area (Å²) in [6, 6.07) is 11.4. The molecular weight excluding hydrogens is 372 g/mol. The van der Waals surface area contributed by atoms with E-state index in [1.807, 2.05) is 0 Å². The Kier molecular flexibility index (Phi) is 3.97. The van der Waals surface area contributed by atoms with Gasteiger partial charge in [-0.2, -0.15) is 0 Å². The number of halogens is 1. The van der Waals surface area contributed by atoms with E-state index in [-0.39, 0.29) is 17.9 Å². The molecule has 0 unspecified atom stereocenters. The molecular formula is C18H11ClN4O4. The molecule has 1 aromatic heterocycles. The molecule has 134 valence electrons. The van der Waals surface area contributed by atoms with Gasteiger partial charge in [0.25, 0.3) is 5.69 Å². The molecule has 0 fully saturated rings. The molecule has 8 nitrogen and oxygen atoms in total. The van der Waals surface area contributed by atoms with Crippen molar-refractivity contribution in [1.82, 2.24) is 9.55 Å². The first-order valence-electron chi connectivity index (χ1n) is 7.85. The summed E-state index contributed by atoms with van der Waals surface area (Å²) in [5.41, 5.74) is 2.27. The molecule has 0 radical (unpaired) electrons. The van der Waals surface area contributed by atoms with Crippen molar-refractivity contribution in [3.63, 3.8) is 0 Å². The predicted molar refractivity (Wildman–Crippen MR) is 98.0 cm³/mol. The smallest absolute Gasteiger partial charge is 0.356 e. The van der Waals surface area contributed by atoms with Gasteiger partial charge in [-0.3, -0.25) is 19.7 Å². The van der Waals surface area contributed by atoms with E-state index in [0.29, 0.717) is 33.2 Å². The molecule has 3 aromatic rings. The van der Waals surface area contributed by atoms with Gasteiger partial charge in [-0.1, -0.05) is 29.8 Å². The van der Waals surface area contributed by atoms with Crippen molar-refractivity contribution in [2.45, 2.75) is 6.54 Å². The van der Waals surface area contributed by atoms with Crippen LogP contribution < -0.4 is 0 Å². The second-order valence-corrected chi connectivity index (χ2v) is 6.23. The van der Waals surface area contributed by atoms with Crippen LogP contribution in [0.4, 0.5) is 5.69 Å². The number of nitro groups is 1. The number of aromatic nitrogens is 2. The van der Waals surface area contributed by atoms with Crippen molar-refractivity contribution in [3.8, 4) is 5.69 Å². The third-order valence-electron chi connectivity index (χ3n) is 4.29. The quantitative estimate of drug-likeness (QED) is 0.550. The Morgan fingerprint density at radius 1 is 1.22 bits per heavy atom. The van der Waals surface area contributed by atoms with Crippen molar-refractivity contribution in [2.24, 2.45) is 4.99 Å². The van der Waals surface area contributed by atoms with Gasteiger partial charge in [0.2, 0.25) is 0 Å². The average molecular weight is 383 g/mol. The van der Waals surface area contributed by atoms with Gasteiger partial charge in [0, 0.05) is 28.3 Å². The number of nitro benzene ring substituents is 1. The van der Waals surface area contributed by atoms with Gasteiger partial charge in [-0.15, -0.1) is 0 Å². The van der Waals surface area contributed by atoms with Crippen LogP contribution in [0, 0.1) is 10.1 Å². The van der Waals surface area contributed by atoms with E-state index >= 15 is 0 Å². The van der Waals surface area contributed by atoms with Gasteiger partial charge in [-0.25, -0.2) is 9.78 Å². The van der Waals surface area contributed by atoms with E-state index < -0.39 is 10.9 Å². The lowest BCUT2D eigenvalue weighted by atomic mass is 10.00. The molecule has 9 heteroatoms. The summed E-state index contributed by atoms with van der Waals surface area (Å²) >= 11 is 6.32. The zero-order valence-electron chi connectivity index (χ0n) is 13.7. The number of imidazole rings is 1. The van der Waals surface area contributed by atoms with Gasteiger partial charge >= 0.3 is 5.97 Å². The number of aliphatic imine (C=N–C) groups is 1. The Balaban J connectivity index is 2.03. The summed E-state index contributed by atoms with van der Waals surface area (Å²) in [7, 11) is 0. The minimum Gasteiger partial charge on any atom is -0.476 e. The predicted octanol–water partition coefficient (Wildman–Crippen LogP) is 3.48. The summed E-state index contributed by atoms with van der Waals surface area (Å²) in [4.78, 5) is 30.7. The highest BCUT2D eigenvalue weighted by atomic mass is 35.5. The zero-order valence-corrected chi connectivity index (χ0v) is 14.4. The number of carbonyl (C=O) groups is 1. The van der Waals surface area contributed by atoms with Crippen LogP contribution in [0.1, 0.15) is 27.3 Å². The van der Waals surface area contributed by atoms with Gasteiger partial charge in [0.05, 0.1) is 28.6 Å². The summed E-state index contributed by atoms with van der Waals surface area (Å²) in [5, 5.41) is 21.1. The molecule has 1 aliphatic rings. The van der Waals surface area contributed by atoms with Crippen LogP contribution in [0.3, 0.4) is 0 Å². The first-order chi connectivity index (χ1) is 13.0. The Bertz CT molecular complexity index is 1140. The van der Waals surface area contributed by atoms with E-state index in [2.05, 4.69) is 9.98 Å². The molecule has 0 saturated heterocycles. The van der Waals surface area contributed by atoms with Crippen molar-refractivity contribution in [1.29, 1.82) is 0 Å². The first-order valence-corrected chi connectivity index (χ1v) is 8.23. The highest BCUT2D eigenvalue weighted by molar-refractivity contribution is 6.35. The highest BCUT2D eigenvalue weighted by Gasteiger charge is 2.26. The zero-order chi connectivity index (χ0) is 19.1. The maximum Gasteiger partial charge on any atom is 0.356 e. The molecule has 0 atom stereocenters. The minimum atomic E-state index is -1.16. The number of benzene rings is 2. The summed E-state index contributed by atoms with van der Waals surface area (Å²) < 4.78 is 1.59. The van der Waals surface area contributed by atoms with Crippen molar-refractivity contribution in [2.75, 3.05) is 0 Å². The summed E-state index contributed by atoms with van der Waals surface area (Å²) in [6.07, 6.45) is 1.38. The van der Waals surface area contributed by atoms with Crippen LogP contribution in [0.25, 0.3) is 5.69 Å². The fourth-order valence-electron chi connectivity index (χ4n) is 3.07. The molecule has 1 N–H and O–H groups in total. The molecule has 0 spiro atoms. The normalized spacial score (nSPS) is 12.6. The molecule has 1 aliphatic heterocycles. The number of fused-ring (bicyclic) bond motifs is 3. The molecule has 2 aromatic carbocycles. The van der Waals surface area contributed by atoms with Crippen LogP contribution in [0.15, 0.2) is 53.8 Å². The minimum absolute atomic E-state index is 0.0463. The molecule has 0 saturated carbocycles. The number of non-ortho nitro benzene ring substituents is 1. The number of aromatic carboxylic acids is 1. The monoisotopic (exact) mass is 382 g/mol. The fraction of sp³-hybridized carbons (Fsp3) is 0.0556. The number of hydrogen-bond donors (Lipinski definition) is 1. The summed E-state index contributed by atoms with van der Waals surface area (Å²) in [6.45, 7) is 0.0463. The van der Waals surface area contributed by atoms with Gasteiger partial charge in [0.15, 0.2) is 5.69 Å². The molecule has 0 aliphatic carbocycles. The van der Waals surface area contributed by atoms with E-state index in [1.165, 1.54) is 18.5 Å². The van der Waals surface area contributed by atoms with Crippen molar-refractivity contribution >= 4 is 29.0 Å². The van der Waals surface area contributed by atoms with Crippen LogP contribution >= 0.6 is 11.6 Å². The first kappa shape index (κ1) is 16.9. The number of nitrogens with zero attached hydrogens (tertiary/aromatic N) is 4. The Morgan fingerprint density at radius 3 is 2.70 bits per heavy atom. The lowest BCUT2D eigenvalue weighted by Crippen LogP contribution is -2.08. The lowest BCUT2D eigenvalue weighted by molar-refractivity contribution is -0.384. The second kappa shape index (κ2) is 6.33. The third kappa shape index (κ3) is 2.76. The molecule has 4 rings (SSSR count). The Morgan fingerprint density at radius 2 is 2.00 bits per heavy atom. The standard InChI is InChI=1S/C18H11ClN4O4/c19-13-4-2-1-3-11(13)16-12-7-10(23(26)27)5-6-14(12)22-9-21-17(18(24)25)15(22)8-20-16/h1-7,9H,8H2,(H,24,25). The van der Waals surface area contributed by atoms with Crippen molar-refractivity contribution in [3.05, 3.63) is 86.4 Å². The van der Waals surface area contributed by atoms with Crippen LogP contribution in [-0.4, -0.2) is 31.3 Å². The van der Waals surface area contributed by atoms with Gasteiger partial charge < -0.3 is 5.11 Å². The maximum atomic E-state index is 11.5. The number of hydrogen-bond acceptors (Lipinski definition) is 5. The van der Waals surface area contributed by atoms with E-state index in [4.69, 9.17) is 11.6 Å². The SMILES string of the molecule is O=C(O)c1ncn2c1CN=C(c1ccccc1Cl)c1cc([N+](=O)[O-])ccc1-2. The highest BCUT2D eigenvalue weighted by Crippen LogP contribution is 2.31. The Hall–Kier alpha value is -3.52. The summed E-state index contributed by atoms with van der Waals surface area (Å²) in [5.74, 6) is -1.16. The lowest BCUT2D eigenvalue weighted by Gasteiger charge is -2.12. The van der Waals surface area contributed by atoms with Gasteiger partial charge in [-0.05, 0) is 12.1 Å². The number of carboxylic acids is 1. The van der Waals surface area contributed by atoms with Crippen molar-refractivity contribution < 1.29 is 14.8 Å². The molecule has 0 bridgehead atoms. The van der Waals surface area contributed by atoms with E-state index in [0.717, 1.165) is 0 Å². The Labute approximate surface area is 157 Å². The van der Waals surface area contributed by atoms with Gasteiger partial charge in [0.1, 0.15) is 6.33 Å². The maximum absolute atomic E-state index is 11.5. The average Bonchev–Trinajstić information content (AvgIpc) is 3.00. The van der Waals surface area contributed by atoms with E-state index in [9.17, 15) is 20.0 Å². The van der Waals surface area contributed by atoms with E-state index in [1.54, 1.807) is 34.9 Å². The third-order valence-corrected chi connectivity index (χ3v) is 4.62. The number of carboxylic acid groups (broad SMARTS) is 1. The second-order valence-electron chi connectivity index (χ2n) is 5.82. The largest absolute Gasteiger partial charge is 0.476 e. The molecule has 0 amide bonds. The van der Waals surface area contributed by atoms with Crippen LogP contribution in [0.2, 0.25) is 5.02 Å². The molecule has 27 heavy (non-hydrogen) atoms.